The quantitative estimate of drug-likeness (QED) is 0.258. The summed E-state index contributed by atoms with van der Waals surface area (Å²) in [5.41, 5.74) is 0. The minimum absolute atomic E-state index is 0. The first kappa shape index (κ1) is 26.7. The highest BCUT2D eigenvalue weighted by Crippen LogP contribution is 2.01. The smallest absolute Gasteiger partial charge is 0.174 e. The number of hydrogen-bond donors (Lipinski definition) is 0. The lowest BCUT2D eigenvalue weighted by atomic mass is 10.3. The Hall–Kier alpha value is -0.200. The lowest BCUT2D eigenvalue weighted by Gasteiger charge is -2.29. The predicted octanol–water partition coefficient (Wildman–Crippen LogP) is -5.74. The first-order valence-corrected chi connectivity index (χ1v) is 7.42. The van der Waals surface area contributed by atoms with Gasteiger partial charge in [0, 0.05) is 25.9 Å². The molecule has 0 aliphatic rings. The van der Waals surface area contributed by atoms with Gasteiger partial charge in [-0.05, 0) is 7.05 Å². The summed E-state index contributed by atoms with van der Waals surface area (Å²) in [6.45, 7) is 5.33. The standard InChI is InChI=1S/C15H33N3O2.2ClH/c1-16(8-6-10-17(2,3)12-14-19)9-7-11-18(4,5)13-15-20;;/h14-15H,6-13H2,1-5H3;2*1H/q+2;;/p-2. The number of likely N-dealkylation sites (N-methyl/N-ethyl adjacent to an activating group) is 2. The van der Waals surface area contributed by atoms with Gasteiger partial charge in [-0.1, -0.05) is 0 Å². The largest absolute Gasteiger partial charge is 1.00 e. The molecule has 0 amide bonds. The number of aldehydes is 2. The highest BCUT2D eigenvalue weighted by Gasteiger charge is 2.15. The lowest BCUT2D eigenvalue weighted by Crippen LogP contribution is -3.00. The van der Waals surface area contributed by atoms with Crippen molar-refractivity contribution in [1.82, 2.24) is 4.90 Å². The van der Waals surface area contributed by atoms with E-state index in [-0.39, 0.29) is 24.8 Å². The van der Waals surface area contributed by atoms with E-state index in [1.165, 1.54) is 0 Å². The average molecular weight is 358 g/mol. The van der Waals surface area contributed by atoms with Gasteiger partial charge in [-0.15, -0.1) is 0 Å². The summed E-state index contributed by atoms with van der Waals surface area (Å²) >= 11 is 0. The number of rotatable bonds is 12. The third-order valence-electron chi connectivity index (χ3n) is 3.74. The van der Waals surface area contributed by atoms with Crippen LogP contribution in [0.4, 0.5) is 0 Å². The van der Waals surface area contributed by atoms with Crippen LogP contribution in [0.2, 0.25) is 0 Å². The minimum Gasteiger partial charge on any atom is -1.00 e. The third-order valence-corrected chi connectivity index (χ3v) is 3.74. The molecular weight excluding hydrogens is 325 g/mol. The predicted molar refractivity (Wildman–Crippen MR) is 82.5 cm³/mol. The minimum atomic E-state index is 0. The van der Waals surface area contributed by atoms with Crippen LogP contribution < -0.4 is 24.8 Å². The highest BCUT2D eigenvalue weighted by atomic mass is 35.5. The van der Waals surface area contributed by atoms with Crippen molar-refractivity contribution >= 4 is 12.6 Å². The normalized spacial score (nSPS) is 11.5. The zero-order valence-corrected chi connectivity index (χ0v) is 16.2. The number of nitrogens with zero attached hydrogens (tertiary/aromatic N) is 3. The van der Waals surface area contributed by atoms with Crippen molar-refractivity contribution in [3.63, 3.8) is 0 Å². The van der Waals surface area contributed by atoms with Crippen LogP contribution in [-0.4, -0.2) is 101 Å². The zero-order valence-electron chi connectivity index (χ0n) is 14.7. The summed E-state index contributed by atoms with van der Waals surface area (Å²) in [6.07, 6.45) is 4.20. The van der Waals surface area contributed by atoms with Crippen LogP contribution in [0.15, 0.2) is 0 Å². The van der Waals surface area contributed by atoms with E-state index in [0.29, 0.717) is 13.1 Å². The molecule has 0 unspecified atom stereocenters. The molecule has 0 rings (SSSR count). The van der Waals surface area contributed by atoms with Crippen molar-refractivity contribution in [2.45, 2.75) is 12.8 Å². The van der Waals surface area contributed by atoms with E-state index >= 15 is 0 Å². The van der Waals surface area contributed by atoms with Crippen molar-refractivity contribution in [2.24, 2.45) is 0 Å². The number of carbonyl (C=O) groups excluding carboxylic acids is 2. The first-order chi connectivity index (χ1) is 9.22. The van der Waals surface area contributed by atoms with Crippen LogP contribution in [0.25, 0.3) is 0 Å². The molecular formula is C15H33Cl2N3O2. The Morgan fingerprint density at radius 2 is 1.09 bits per heavy atom. The Labute approximate surface area is 148 Å². The van der Waals surface area contributed by atoms with Crippen molar-refractivity contribution in [2.75, 3.05) is 74.5 Å². The molecule has 0 radical (unpaired) electrons. The molecule has 0 heterocycles. The molecule has 0 aliphatic carbocycles. The Bertz CT molecular complexity index is 273. The molecule has 7 heteroatoms. The fourth-order valence-electron chi connectivity index (χ4n) is 2.24. The molecule has 22 heavy (non-hydrogen) atoms. The fraction of sp³-hybridized carbons (Fsp3) is 0.867. The molecule has 0 bridgehead atoms. The number of quaternary nitrogens is 2. The molecule has 5 nitrogen and oxygen atoms in total. The molecule has 0 aromatic carbocycles. The summed E-state index contributed by atoms with van der Waals surface area (Å²) < 4.78 is 1.53. The van der Waals surface area contributed by atoms with Crippen molar-refractivity contribution in [3.8, 4) is 0 Å². The van der Waals surface area contributed by atoms with E-state index in [1.54, 1.807) is 0 Å². The van der Waals surface area contributed by atoms with E-state index in [1.807, 2.05) is 0 Å². The molecule has 0 aliphatic heterocycles. The van der Waals surface area contributed by atoms with Crippen LogP contribution >= 0.6 is 0 Å². The fourth-order valence-corrected chi connectivity index (χ4v) is 2.24. The van der Waals surface area contributed by atoms with Crippen molar-refractivity contribution in [1.29, 1.82) is 0 Å². The number of halogens is 2. The van der Waals surface area contributed by atoms with Gasteiger partial charge >= 0.3 is 0 Å². The van der Waals surface area contributed by atoms with Crippen molar-refractivity contribution in [3.05, 3.63) is 0 Å². The Kier molecular flexibility index (Phi) is 16.1. The molecule has 0 N–H and O–H groups in total. The SMILES string of the molecule is CN(CCC[N+](C)(C)CC=O)CCC[N+](C)(C)CC=O.[Cl-].[Cl-]. The third kappa shape index (κ3) is 14.7. The molecule has 134 valence electrons. The van der Waals surface area contributed by atoms with Gasteiger partial charge in [-0.3, -0.25) is 9.59 Å². The van der Waals surface area contributed by atoms with Crippen LogP contribution in [0.1, 0.15) is 12.8 Å². The summed E-state index contributed by atoms with van der Waals surface area (Å²) in [7, 11) is 10.5. The first-order valence-electron chi connectivity index (χ1n) is 7.42. The second-order valence-electron chi connectivity index (χ2n) is 7.03. The molecule has 0 atom stereocenters. The van der Waals surface area contributed by atoms with Gasteiger partial charge in [-0.25, -0.2) is 0 Å². The van der Waals surface area contributed by atoms with Gasteiger partial charge in [0.2, 0.25) is 0 Å². The van der Waals surface area contributed by atoms with Gasteiger partial charge in [0.25, 0.3) is 0 Å². The maximum absolute atomic E-state index is 10.6. The number of hydrogen-bond acceptors (Lipinski definition) is 3. The van der Waals surface area contributed by atoms with E-state index in [2.05, 4.69) is 40.1 Å². The summed E-state index contributed by atoms with van der Waals surface area (Å²) in [6, 6.07) is 0. The second-order valence-corrected chi connectivity index (χ2v) is 7.03. The second kappa shape index (κ2) is 13.3. The van der Waals surface area contributed by atoms with Crippen LogP contribution in [0.3, 0.4) is 0 Å². The molecule has 0 saturated carbocycles. The van der Waals surface area contributed by atoms with Gasteiger partial charge < -0.3 is 38.7 Å². The van der Waals surface area contributed by atoms with E-state index in [9.17, 15) is 9.59 Å². The van der Waals surface area contributed by atoms with Gasteiger partial charge in [-0.2, -0.15) is 0 Å². The Morgan fingerprint density at radius 1 is 0.773 bits per heavy atom. The van der Waals surface area contributed by atoms with E-state index < -0.39 is 0 Å². The Morgan fingerprint density at radius 3 is 1.36 bits per heavy atom. The zero-order chi connectivity index (χ0) is 15.6. The van der Waals surface area contributed by atoms with Gasteiger partial charge in [0.05, 0.1) is 41.3 Å². The van der Waals surface area contributed by atoms with Crippen LogP contribution in [-0.2, 0) is 9.59 Å². The van der Waals surface area contributed by atoms with E-state index in [0.717, 1.165) is 60.6 Å². The van der Waals surface area contributed by atoms with Gasteiger partial charge in [0.15, 0.2) is 12.6 Å². The summed E-state index contributed by atoms with van der Waals surface area (Å²) in [5.74, 6) is 0. The molecule has 0 spiro atoms. The topological polar surface area (TPSA) is 37.4 Å². The van der Waals surface area contributed by atoms with E-state index in [4.69, 9.17) is 0 Å². The number of carbonyl (C=O) groups is 2. The monoisotopic (exact) mass is 357 g/mol. The molecule has 0 aromatic heterocycles. The maximum atomic E-state index is 10.6. The highest BCUT2D eigenvalue weighted by molar-refractivity contribution is 5.50. The van der Waals surface area contributed by atoms with Gasteiger partial charge in [0.1, 0.15) is 13.1 Å². The molecule has 0 fully saturated rings. The van der Waals surface area contributed by atoms with Crippen molar-refractivity contribution < 1.29 is 43.4 Å². The van der Waals surface area contributed by atoms with Crippen LogP contribution in [0.5, 0.6) is 0 Å². The summed E-state index contributed by atoms with van der Waals surface area (Å²) in [4.78, 5) is 23.4. The average Bonchev–Trinajstić information content (AvgIpc) is 2.27. The Balaban J connectivity index is -0.00000180. The maximum Gasteiger partial charge on any atom is 0.174 e. The summed E-state index contributed by atoms with van der Waals surface area (Å²) in [5, 5.41) is 0. The lowest BCUT2D eigenvalue weighted by molar-refractivity contribution is -0.882. The van der Waals surface area contributed by atoms with Crippen LogP contribution in [0, 0.1) is 0 Å². The molecule has 0 aromatic rings. The molecule has 0 saturated heterocycles.